The molecule has 1 amide bonds. The second-order valence-corrected chi connectivity index (χ2v) is 6.60. The molecule has 0 atom stereocenters. The van der Waals surface area contributed by atoms with Crippen LogP contribution in [0.2, 0.25) is 5.02 Å². The van der Waals surface area contributed by atoms with Gasteiger partial charge in [-0.2, -0.15) is 5.26 Å². The van der Waals surface area contributed by atoms with Crippen LogP contribution in [0.25, 0.3) is 6.08 Å². The zero-order chi connectivity index (χ0) is 17.0. The number of thiophene rings is 1. The molecule has 2 rings (SSSR count). The Morgan fingerprint density at radius 2 is 2.13 bits per heavy atom. The lowest BCUT2D eigenvalue weighted by Crippen LogP contribution is -2.14. The maximum absolute atomic E-state index is 12.3. The number of hydrogen-bond donors (Lipinski definition) is 1. The topological polar surface area (TPSA) is 62.1 Å². The first kappa shape index (κ1) is 17.1. The molecule has 6 heteroatoms. The van der Waals surface area contributed by atoms with Gasteiger partial charge < -0.3 is 10.1 Å². The second kappa shape index (κ2) is 7.32. The smallest absolute Gasteiger partial charge is 0.266 e. The van der Waals surface area contributed by atoms with Gasteiger partial charge in [0.25, 0.3) is 5.91 Å². The van der Waals surface area contributed by atoms with Crippen LogP contribution in [0.1, 0.15) is 15.3 Å². The van der Waals surface area contributed by atoms with Crippen LogP contribution in [-0.2, 0) is 4.79 Å². The van der Waals surface area contributed by atoms with E-state index >= 15 is 0 Å². The molecule has 0 aliphatic rings. The van der Waals surface area contributed by atoms with Crippen LogP contribution in [0.4, 0.5) is 5.69 Å². The molecule has 0 bridgehead atoms. The average Bonchev–Trinajstić information content (AvgIpc) is 2.93. The Hall–Kier alpha value is -2.29. The fourth-order valence-corrected chi connectivity index (χ4v) is 2.92. The Morgan fingerprint density at radius 1 is 1.39 bits per heavy atom. The molecule has 0 radical (unpaired) electrons. The van der Waals surface area contributed by atoms with Gasteiger partial charge in [0, 0.05) is 20.8 Å². The van der Waals surface area contributed by atoms with E-state index in [1.54, 1.807) is 18.2 Å². The highest BCUT2D eigenvalue weighted by atomic mass is 35.5. The van der Waals surface area contributed by atoms with Crippen LogP contribution in [0.15, 0.2) is 29.8 Å². The Bertz CT molecular complexity index is 818. The molecule has 0 fully saturated rings. The van der Waals surface area contributed by atoms with E-state index in [0.29, 0.717) is 16.5 Å². The summed E-state index contributed by atoms with van der Waals surface area (Å²) in [6, 6.07) is 9.09. The first-order valence-corrected chi connectivity index (χ1v) is 7.97. The van der Waals surface area contributed by atoms with Crippen molar-refractivity contribution in [3.8, 4) is 11.8 Å². The van der Waals surface area contributed by atoms with Crippen LogP contribution < -0.4 is 10.1 Å². The van der Waals surface area contributed by atoms with Gasteiger partial charge in [-0.15, -0.1) is 11.3 Å². The van der Waals surface area contributed by atoms with E-state index in [-0.39, 0.29) is 5.57 Å². The first-order valence-electron chi connectivity index (χ1n) is 6.78. The minimum atomic E-state index is -0.487. The molecule has 0 saturated heterocycles. The van der Waals surface area contributed by atoms with Gasteiger partial charge in [-0.3, -0.25) is 4.79 Å². The van der Waals surface area contributed by atoms with Crippen molar-refractivity contribution in [2.75, 3.05) is 12.4 Å². The molecule has 0 unspecified atom stereocenters. The third-order valence-corrected chi connectivity index (χ3v) is 4.50. The molecule has 0 saturated carbocycles. The minimum absolute atomic E-state index is 0.0292. The predicted octanol–water partition coefficient (Wildman–Crippen LogP) is 4.57. The number of anilines is 1. The van der Waals surface area contributed by atoms with Crippen molar-refractivity contribution in [3.63, 3.8) is 0 Å². The molecule has 1 aromatic carbocycles. The molecule has 0 spiro atoms. The van der Waals surface area contributed by atoms with E-state index in [4.69, 9.17) is 16.3 Å². The SMILES string of the molecule is COc1cc(Cl)c(C)cc1NC(=O)/C(C#N)=C/c1ccc(C)s1. The number of ether oxygens (including phenoxy) is 1. The lowest BCUT2D eigenvalue weighted by Gasteiger charge is -2.11. The monoisotopic (exact) mass is 346 g/mol. The zero-order valence-electron chi connectivity index (χ0n) is 12.9. The molecule has 4 nitrogen and oxygen atoms in total. The predicted molar refractivity (Wildman–Crippen MR) is 94.0 cm³/mol. The quantitative estimate of drug-likeness (QED) is 0.651. The Morgan fingerprint density at radius 3 is 2.70 bits per heavy atom. The number of aryl methyl sites for hydroxylation is 2. The van der Waals surface area contributed by atoms with Gasteiger partial charge in [-0.25, -0.2) is 0 Å². The van der Waals surface area contributed by atoms with Gasteiger partial charge >= 0.3 is 0 Å². The summed E-state index contributed by atoms with van der Waals surface area (Å²) in [6.07, 6.45) is 1.57. The molecular formula is C17H15ClN2O2S. The van der Waals surface area contributed by atoms with Crippen LogP contribution in [0, 0.1) is 25.2 Å². The number of methoxy groups -OCH3 is 1. The first-order chi connectivity index (χ1) is 10.9. The largest absolute Gasteiger partial charge is 0.495 e. The van der Waals surface area contributed by atoms with E-state index < -0.39 is 5.91 Å². The second-order valence-electron chi connectivity index (χ2n) is 4.87. The summed E-state index contributed by atoms with van der Waals surface area (Å²) in [5, 5.41) is 12.5. The highest BCUT2D eigenvalue weighted by Crippen LogP contribution is 2.31. The molecule has 0 aliphatic heterocycles. The maximum atomic E-state index is 12.3. The number of nitriles is 1. The van der Waals surface area contributed by atoms with Crippen molar-refractivity contribution in [2.45, 2.75) is 13.8 Å². The molecule has 1 N–H and O–H groups in total. The summed E-state index contributed by atoms with van der Waals surface area (Å²) in [5.41, 5.74) is 1.31. The number of halogens is 1. The molecule has 0 aliphatic carbocycles. The Labute approximate surface area is 144 Å². The summed E-state index contributed by atoms with van der Waals surface area (Å²) in [4.78, 5) is 14.3. The van der Waals surface area contributed by atoms with E-state index in [1.165, 1.54) is 18.4 Å². The summed E-state index contributed by atoms with van der Waals surface area (Å²) in [6.45, 7) is 3.79. The van der Waals surface area contributed by atoms with Crippen molar-refractivity contribution < 1.29 is 9.53 Å². The third kappa shape index (κ3) is 4.13. The number of carbonyl (C=O) groups excluding carboxylic acids is 1. The van der Waals surface area contributed by atoms with Gasteiger partial charge in [-0.05, 0) is 43.7 Å². The molecule has 23 heavy (non-hydrogen) atoms. The number of carbonyl (C=O) groups is 1. The van der Waals surface area contributed by atoms with Crippen LogP contribution >= 0.6 is 22.9 Å². The van der Waals surface area contributed by atoms with Gasteiger partial charge in [0.05, 0.1) is 12.8 Å². The third-order valence-electron chi connectivity index (χ3n) is 3.14. The van der Waals surface area contributed by atoms with Crippen molar-refractivity contribution in [1.29, 1.82) is 5.26 Å². The van der Waals surface area contributed by atoms with Crippen LogP contribution in [0.5, 0.6) is 5.75 Å². The van der Waals surface area contributed by atoms with Crippen molar-refractivity contribution in [2.24, 2.45) is 0 Å². The van der Waals surface area contributed by atoms with Gasteiger partial charge in [0.15, 0.2) is 0 Å². The number of hydrogen-bond acceptors (Lipinski definition) is 4. The lowest BCUT2D eigenvalue weighted by atomic mass is 10.2. The lowest BCUT2D eigenvalue weighted by molar-refractivity contribution is -0.112. The summed E-state index contributed by atoms with van der Waals surface area (Å²) in [5.74, 6) is -0.0446. The van der Waals surface area contributed by atoms with E-state index in [2.05, 4.69) is 5.32 Å². The van der Waals surface area contributed by atoms with E-state index in [9.17, 15) is 10.1 Å². The number of nitrogens with zero attached hydrogens (tertiary/aromatic N) is 1. The van der Waals surface area contributed by atoms with Crippen molar-refractivity contribution in [1.82, 2.24) is 0 Å². The summed E-state index contributed by atoms with van der Waals surface area (Å²) in [7, 11) is 1.49. The summed E-state index contributed by atoms with van der Waals surface area (Å²) < 4.78 is 5.22. The molecule has 118 valence electrons. The molecule has 1 heterocycles. The van der Waals surface area contributed by atoms with Crippen LogP contribution in [0.3, 0.4) is 0 Å². The van der Waals surface area contributed by atoms with Crippen LogP contribution in [-0.4, -0.2) is 13.0 Å². The van der Waals surface area contributed by atoms with E-state index in [1.807, 2.05) is 32.0 Å². The molecule has 2 aromatic rings. The fourth-order valence-electron chi connectivity index (χ4n) is 1.94. The minimum Gasteiger partial charge on any atom is -0.495 e. The zero-order valence-corrected chi connectivity index (χ0v) is 14.5. The van der Waals surface area contributed by atoms with Gasteiger partial charge in [0.2, 0.25) is 0 Å². The number of amides is 1. The maximum Gasteiger partial charge on any atom is 0.266 e. The Kier molecular flexibility index (Phi) is 5.43. The highest BCUT2D eigenvalue weighted by molar-refractivity contribution is 7.12. The molecular weight excluding hydrogens is 332 g/mol. The highest BCUT2D eigenvalue weighted by Gasteiger charge is 2.14. The van der Waals surface area contributed by atoms with Gasteiger partial charge in [-0.1, -0.05) is 11.6 Å². The van der Waals surface area contributed by atoms with E-state index in [0.717, 1.165) is 15.3 Å². The molecule has 1 aromatic heterocycles. The summed E-state index contributed by atoms with van der Waals surface area (Å²) >= 11 is 7.56. The normalized spacial score (nSPS) is 11.0. The van der Waals surface area contributed by atoms with Crippen molar-refractivity contribution >= 4 is 40.6 Å². The standard InChI is InChI=1S/C17H15ClN2O2S/c1-10-6-15(16(22-3)8-14(10)18)20-17(21)12(9-19)7-13-5-4-11(2)23-13/h4-8H,1-3H3,(H,20,21)/b12-7+. The fraction of sp³-hybridized carbons (Fsp3) is 0.176. The number of rotatable bonds is 4. The average molecular weight is 347 g/mol. The van der Waals surface area contributed by atoms with Gasteiger partial charge in [0.1, 0.15) is 17.4 Å². The Balaban J connectivity index is 2.29. The number of nitrogens with one attached hydrogen (secondary N) is 1. The number of benzene rings is 1. The van der Waals surface area contributed by atoms with Crippen molar-refractivity contribution in [3.05, 3.63) is 50.2 Å².